The molecule has 0 fully saturated rings. The van der Waals surface area contributed by atoms with Gasteiger partial charge in [0.15, 0.2) is 5.16 Å². The molecule has 0 radical (unpaired) electrons. The number of carbonyl (C=O) groups is 1. The van der Waals surface area contributed by atoms with Gasteiger partial charge in [-0.3, -0.25) is 4.79 Å². The van der Waals surface area contributed by atoms with E-state index in [0.717, 1.165) is 5.56 Å². The molecule has 2 heterocycles. The van der Waals surface area contributed by atoms with Gasteiger partial charge in [-0.1, -0.05) is 11.8 Å². The van der Waals surface area contributed by atoms with Crippen molar-refractivity contribution in [3.63, 3.8) is 0 Å². The van der Waals surface area contributed by atoms with Crippen LogP contribution in [0.3, 0.4) is 0 Å². The van der Waals surface area contributed by atoms with Gasteiger partial charge in [0, 0.05) is 30.8 Å². The van der Waals surface area contributed by atoms with Crippen molar-refractivity contribution < 1.29 is 4.79 Å². The van der Waals surface area contributed by atoms with E-state index in [4.69, 9.17) is 0 Å². The maximum atomic E-state index is 11.7. The Kier molecular flexibility index (Phi) is 4.85. The van der Waals surface area contributed by atoms with Gasteiger partial charge in [-0.25, -0.2) is 15.0 Å². The molecular formula is C13H14N4OS. The molecule has 1 N–H and O–H groups in total. The van der Waals surface area contributed by atoms with Crippen LogP contribution in [0.4, 0.5) is 5.82 Å². The first-order valence-electron chi connectivity index (χ1n) is 5.86. The minimum absolute atomic E-state index is 0.0541. The first-order valence-corrected chi connectivity index (χ1v) is 6.85. The number of anilines is 1. The highest BCUT2D eigenvalue weighted by molar-refractivity contribution is 7.99. The van der Waals surface area contributed by atoms with Crippen molar-refractivity contribution in [2.75, 3.05) is 11.1 Å². The van der Waals surface area contributed by atoms with Crippen LogP contribution in [0.2, 0.25) is 0 Å². The summed E-state index contributed by atoms with van der Waals surface area (Å²) in [6.45, 7) is 1.96. The number of carbonyl (C=O) groups excluding carboxylic acids is 1. The molecule has 19 heavy (non-hydrogen) atoms. The van der Waals surface area contributed by atoms with E-state index in [-0.39, 0.29) is 5.91 Å². The van der Waals surface area contributed by atoms with Crippen molar-refractivity contribution in [3.8, 4) is 0 Å². The standard InChI is InChI=1S/C13H14N4OS/c1-10-3-7-14-11(9-10)17-12(18)4-8-19-13-15-5-2-6-16-13/h2-3,5-7,9H,4,8H2,1H3,(H,14,17,18). The maximum absolute atomic E-state index is 11.7. The highest BCUT2D eigenvalue weighted by atomic mass is 32.2. The lowest BCUT2D eigenvalue weighted by Gasteiger charge is -2.04. The summed E-state index contributed by atoms with van der Waals surface area (Å²) in [6, 6.07) is 5.49. The van der Waals surface area contributed by atoms with E-state index in [0.29, 0.717) is 23.1 Å². The third-order valence-corrected chi connectivity index (χ3v) is 3.16. The SMILES string of the molecule is Cc1ccnc(NC(=O)CCSc2ncccn2)c1. The minimum atomic E-state index is -0.0541. The van der Waals surface area contributed by atoms with Crippen LogP contribution in [-0.4, -0.2) is 26.6 Å². The van der Waals surface area contributed by atoms with Gasteiger partial charge >= 0.3 is 0 Å². The lowest BCUT2D eigenvalue weighted by atomic mass is 10.3. The molecule has 0 aliphatic carbocycles. The molecule has 0 saturated carbocycles. The molecule has 0 aromatic carbocycles. The average Bonchev–Trinajstić information content (AvgIpc) is 2.40. The Morgan fingerprint density at radius 2 is 2.05 bits per heavy atom. The van der Waals surface area contributed by atoms with Crippen LogP contribution < -0.4 is 5.32 Å². The van der Waals surface area contributed by atoms with Gasteiger partial charge in [-0.15, -0.1) is 0 Å². The monoisotopic (exact) mass is 274 g/mol. The van der Waals surface area contributed by atoms with Gasteiger partial charge in [-0.05, 0) is 30.7 Å². The fourth-order valence-corrected chi connectivity index (χ4v) is 2.15. The van der Waals surface area contributed by atoms with Crippen molar-refractivity contribution in [2.24, 2.45) is 0 Å². The Balaban J connectivity index is 1.76. The molecule has 0 bridgehead atoms. The maximum Gasteiger partial charge on any atom is 0.226 e. The number of nitrogens with zero attached hydrogens (tertiary/aromatic N) is 3. The molecule has 6 heteroatoms. The summed E-state index contributed by atoms with van der Waals surface area (Å²) in [5, 5.41) is 3.45. The number of amides is 1. The number of nitrogens with one attached hydrogen (secondary N) is 1. The number of aryl methyl sites for hydroxylation is 1. The number of thioether (sulfide) groups is 1. The lowest BCUT2D eigenvalue weighted by Crippen LogP contribution is -2.13. The topological polar surface area (TPSA) is 67.8 Å². The molecule has 0 unspecified atom stereocenters. The van der Waals surface area contributed by atoms with Crippen molar-refractivity contribution in [2.45, 2.75) is 18.5 Å². The van der Waals surface area contributed by atoms with Gasteiger partial charge in [0.25, 0.3) is 0 Å². The highest BCUT2D eigenvalue weighted by Gasteiger charge is 2.04. The average molecular weight is 274 g/mol. The molecule has 2 aromatic rings. The van der Waals surface area contributed by atoms with Gasteiger partial charge in [-0.2, -0.15) is 0 Å². The fourth-order valence-electron chi connectivity index (χ4n) is 1.40. The van der Waals surface area contributed by atoms with E-state index in [1.807, 2.05) is 19.1 Å². The fraction of sp³-hybridized carbons (Fsp3) is 0.231. The van der Waals surface area contributed by atoms with Gasteiger partial charge < -0.3 is 5.32 Å². The summed E-state index contributed by atoms with van der Waals surface area (Å²) in [6.07, 6.45) is 5.45. The Hall–Kier alpha value is -1.95. The summed E-state index contributed by atoms with van der Waals surface area (Å²) < 4.78 is 0. The predicted molar refractivity (Wildman–Crippen MR) is 75.0 cm³/mol. The zero-order valence-corrected chi connectivity index (χ0v) is 11.4. The van der Waals surface area contributed by atoms with E-state index in [2.05, 4.69) is 20.3 Å². The van der Waals surface area contributed by atoms with Gasteiger partial charge in [0.1, 0.15) is 5.82 Å². The smallest absolute Gasteiger partial charge is 0.226 e. The summed E-state index contributed by atoms with van der Waals surface area (Å²) in [4.78, 5) is 23.9. The second-order valence-electron chi connectivity index (χ2n) is 3.90. The molecule has 1 amide bonds. The second kappa shape index (κ2) is 6.84. The first-order chi connectivity index (χ1) is 9.24. The summed E-state index contributed by atoms with van der Waals surface area (Å²) in [7, 11) is 0. The molecule has 98 valence electrons. The molecule has 2 rings (SSSR count). The Morgan fingerprint density at radius 3 is 2.79 bits per heavy atom. The molecule has 0 saturated heterocycles. The minimum Gasteiger partial charge on any atom is -0.311 e. The van der Waals surface area contributed by atoms with E-state index in [1.54, 1.807) is 24.7 Å². The summed E-state index contributed by atoms with van der Waals surface area (Å²) >= 11 is 1.46. The normalized spacial score (nSPS) is 10.2. The number of hydrogen-bond donors (Lipinski definition) is 1. The largest absolute Gasteiger partial charge is 0.311 e. The third-order valence-electron chi connectivity index (χ3n) is 2.29. The van der Waals surface area contributed by atoms with Crippen molar-refractivity contribution in [1.82, 2.24) is 15.0 Å². The molecular weight excluding hydrogens is 260 g/mol. The van der Waals surface area contributed by atoms with E-state index in [9.17, 15) is 4.79 Å². The number of rotatable bonds is 5. The quantitative estimate of drug-likeness (QED) is 0.669. The van der Waals surface area contributed by atoms with Gasteiger partial charge in [0.05, 0.1) is 0 Å². The third kappa shape index (κ3) is 4.67. The number of pyridine rings is 1. The summed E-state index contributed by atoms with van der Waals surface area (Å²) in [5.74, 6) is 1.18. The van der Waals surface area contributed by atoms with Crippen LogP contribution in [0, 0.1) is 6.92 Å². The molecule has 5 nitrogen and oxygen atoms in total. The van der Waals surface area contributed by atoms with Crippen molar-refractivity contribution >= 4 is 23.5 Å². The van der Waals surface area contributed by atoms with Crippen LogP contribution in [0.1, 0.15) is 12.0 Å². The van der Waals surface area contributed by atoms with Crippen molar-refractivity contribution in [1.29, 1.82) is 0 Å². The summed E-state index contributed by atoms with van der Waals surface area (Å²) in [5.41, 5.74) is 1.07. The van der Waals surface area contributed by atoms with Crippen LogP contribution in [0.25, 0.3) is 0 Å². The molecule has 0 aliphatic heterocycles. The van der Waals surface area contributed by atoms with Crippen molar-refractivity contribution in [3.05, 3.63) is 42.4 Å². The van der Waals surface area contributed by atoms with E-state index >= 15 is 0 Å². The highest BCUT2D eigenvalue weighted by Crippen LogP contribution is 2.13. The van der Waals surface area contributed by atoms with Crippen LogP contribution >= 0.6 is 11.8 Å². The molecule has 0 aliphatic rings. The number of hydrogen-bond acceptors (Lipinski definition) is 5. The zero-order valence-electron chi connectivity index (χ0n) is 10.5. The van der Waals surface area contributed by atoms with Gasteiger partial charge in [0.2, 0.25) is 5.91 Å². The Morgan fingerprint density at radius 1 is 1.26 bits per heavy atom. The van der Waals surface area contributed by atoms with Crippen LogP contribution in [-0.2, 0) is 4.79 Å². The van der Waals surface area contributed by atoms with Crippen LogP contribution in [0.15, 0.2) is 41.9 Å². The lowest BCUT2D eigenvalue weighted by molar-refractivity contribution is -0.115. The zero-order chi connectivity index (χ0) is 13.5. The molecule has 2 aromatic heterocycles. The van der Waals surface area contributed by atoms with Crippen LogP contribution in [0.5, 0.6) is 0 Å². The first kappa shape index (κ1) is 13.5. The second-order valence-corrected chi connectivity index (χ2v) is 4.96. The predicted octanol–water partition coefficient (Wildman–Crippen LogP) is 2.30. The number of aromatic nitrogens is 3. The molecule has 0 atom stereocenters. The van der Waals surface area contributed by atoms with E-state index < -0.39 is 0 Å². The van der Waals surface area contributed by atoms with E-state index in [1.165, 1.54) is 11.8 Å². The Bertz CT molecular complexity index is 547. The Labute approximate surface area is 115 Å². The molecule has 0 spiro atoms.